The van der Waals surface area contributed by atoms with Crippen LogP contribution in [-0.4, -0.2) is 18.6 Å². The van der Waals surface area contributed by atoms with E-state index in [2.05, 4.69) is 22.3 Å². The highest BCUT2D eigenvalue weighted by Gasteiger charge is 2.39. The second kappa shape index (κ2) is 5.05. The normalized spacial score (nSPS) is 26.6. The molecule has 3 atom stereocenters. The SMILES string of the molecule is O=S(=O)(Cc1noc(C2C[C@@H]3C=C[C@H]2C3)n1)c1ccccc1. The van der Waals surface area contributed by atoms with Crippen molar-refractivity contribution < 1.29 is 12.9 Å². The highest BCUT2D eigenvalue weighted by molar-refractivity contribution is 7.90. The molecule has 6 heteroatoms. The molecule has 4 rings (SSSR count). The Hall–Kier alpha value is -1.95. The molecule has 0 N–H and O–H groups in total. The summed E-state index contributed by atoms with van der Waals surface area (Å²) in [5.41, 5.74) is 0. The minimum Gasteiger partial charge on any atom is -0.339 e. The first kappa shape index (κ1) is 13.7. The number of allylic oxidation sites excluding steroid dienone is 2. The Morgan fingerprint density at radius 1 is 1.14 bits per heavy atom. The van der Waals surface area contributed by atoms with Crippen molar-refractivity contribution in [2.24, 2.45) is 11.8 Å². The summed E-state index contributed by atoms with van der Waals surface area (Å²) in [6.45, 7) is 0. The van der Waals surface area contributed by atoms with Crippen molar-refractivity contribution >= 4 is 9.84 Å². The smallest absolute Gasteiger partial charge is 0.230 e. The topological polar surface area (TPSA) is 73.1 Å². The first-order valence-electron chi connectivity index (χ1n) is 7.40. The number of hydrogen-bond acceptors (Lipinski definition) is 5. The van der Waals surface area contributed by atoms with Crippen LogP contribution in [0.1, 0.15) is 30.5 Å². The highest BCUT2D eigenvalue weighted by atomic mass is 32.2. The van der Waals surface area contributed by atoms with Crippen molar-refractivity contribution in [1.82, 2.24) is 10.1 Å². The van der Waals surface area contributed by atoms with E-state index in [0.29, 0.717) is 17.7 Å². The molecule has 2 aliphatic carbocycles. The highest BCUT2D eigenvalue weighted by Crippen LogP contribution is 2.48. The number of rotatable bonds is 4. The van der Waals surface area contributed by atoms with Gasteiger partial charge in [-0.1, -0.05) is 35.5 Å². The van der Waals surface area contributed by atoms with Crippen LogP contribution in [0.3, 0.4) is 0 Å². The van der Waals surface area contributed by atoms with Gasteiger partial charge in [-0.25, -0.2) is 8.42 Å². The Balaban J connectivity index is 1.54. The minimum atomic E-state index is -3.43. The number of hydrogen-bond donors (Lipinski definition) is 0. The molecule has 2 aliphatic rings. The molecule has 0 spiro atoms. The van der Waals surface area contributed by atoms with Gasteiger partial charge in [-0.15, -0.1) is 0 Å². The van der Waals surface area contributed by atoms with E-state index in [0.717, 1.165) is 12.8 Å². The van der Waals surface area contributed by atoms with E-state index in [1.807, 2.05) is 0 Å². The fourth-order valence-electron chi connectivity index (χ4n) is 3.42. The molecule has 0 saturated heterocycles. The maximum absolute atomic E-state index is 12.3. The van der Waals surface area contributed by atoms with Crippen LogP contribution in [0.2, 0.25) is 0 Å². The van der Waals surface area contributed by atoms with E-state index < -0.39 is 9.84 Å². The molecule has 2 aromatic rings. The van der Waals surface area contributed by atoms with E-state index in [4.69, 9.17) is 4.52 Å². The van der Waals surface area contributed by atoms with Crippen LogP contribution in [0.15, 0.2) is 51.9 Å². The third kappa shape index (κ3) is 2.37. The molecule has 0 amide bonds. The lowest BCUT2D eigenvalue weighted by atomic mass is 9.94. The average Bonchev–Trinajstić information content (AvgIpc) is 3.23. The van der Waals surface area contributed by atoms with Crippen LogP contribution in [0.4, 0.5) is 0 Å². The Bertz CT molecular complexity index is 811. The van der Waals surface area contributed by atoms with Gasteiger partial charge in [0.2, 0.25) is 5.89 Å². The third-order valence-electron chi connectivity index (χ3n) is 4.50. The fraction of sp³-hybridized carbons (Fsp3) is 0.375. The van der Waals surface area contributed by atoms with Gasteiger partial charge in [0.25, 0.3) is 0 Å². The van der Waals surface area contributed by atoms with Crippen LogP contribution in [0, 0.1) is 11.8 Å². The zero-order chi connectivity index (χ0) is 15.2. The van der Waals surface area contributed by atoms with Crippen molar-refractivity contribution in [3.63, 3.8) is 0 Å². The summed E-state index contributed by atoms with van der Waals surface area (Å²) < 4.78 is 30.0. The number of fused-ring (bicyclic) bond motifs is 2. The Kier molecular flexibility index (Phi) is 3.14. The lowest BCUT2D eigenvalue weighted by Gasteiger charge is -2.12. The van der Waals surface area contributed by atoms with Crippen molar-refractivity contribution in [3.8, 4) is 0 Å². The van der Waals surface area contributed by atoms with Crippen LogP contribution < -0.4 is 0 Å². The molecular weight excluding hydrogens is 300 g/mol. The molecule has 1 heterocycles. The summed E-state index contributed by atoms with van der Waals surface area (Å²) in [4.78, 5) is 4.61. The molecule has 1 saturated carbocycles. The molecule has 1 aromatic heterocycles. The molecule has 0 aliphatic heterocycles. The van der Waals surface area contributed by atoms with Gasteiger partial charge in [-0.3, -0.25) is 0 Å². The van der Waals surface area contributed by atoms with Gasteiger partial charge >= 0.3 is 0 Å². The van der Waals surface area contributed by atoms with Gasteiger partial charge in [-0.2, -0.15) is 4.98 Å². The number of sulfone groups is 1. The Morgan fingerprint density at radius 3 is 2.64 bits per heavy atom. The zero-order valence-electron chi connectivity index (χ0n) is 11.9. The molecule has 5 nitrogen and oxygen atoms in total. The summed E-state index contributed by atoms with van der Waals surface area (Å²) in [5, 5.41) is 3.87. The lowest BCUT2D eigenvalue weighted by Crippen LogP contribution is -2.08. The Morgan fingerprint density at radius 2 is 1.95 bits per heavy atom. The van der Waals surface area contributed by atoms with Gasteiger partial charge in [-0.05, 0) is 36.8 Å². The maximum atomic E-state index is 12.3. The number of benzene rings is 1. The van der Waals surface area contributed by atoms with Crippen LogP contribution in [0.5, 0.6) is 0 Å². The predicted molar refractivity (Wildman–Crippen MR) is 79.7 cm³/mol. The summed E-state index contributed by atoms with van der Waals surface area (Å²) in [6.07, 6.45) is 6.63. The molecule has 0 radical (unpaired) electrons. The zero-order valence-corrected chi connectivity index (χ0v) is 12.7. The summed E-state index contributed by atoms with van der Waals surface area (Å²) in [5.74, 6) is 1.91. The van der Waals surface area contributed by atoms with Gasteiger partial charge in [0.05, 0.1) is 4.90 Å². The summed E-state index contributed by atoms with van der Waals surface area (Å²) >= 11 is 0. The monoisotopic (exact) mass is 316 g/mol. The van der Waals surface area contributed by atoms with E-state index in [9.17, 15) is 8.42 Å². The number of nitrogens with zero attached hydrogens (tertiary/aromatic N) is 2. The number of aromatic nitrogens is 2. The quantitative estimate of drug-likeness (QED) is 0.811. The van der Waals surface area contributed by atoms with Crippen molar-refractivity contribution in [1.29, 1.82) is 0 Å². The van der Waals surface area contributed by atoms with Crippen LogP contribution in [0.25, 0.3) is 0 Å². The standard InChI is InChI=1S/C16H16N2O3S/c19-22(20,13-4-2-1-3-5-13)10-15-17-16(21-18-15)14-9-11-6-7-12(14)8-11/h1-7,11-12,14H,8-10H2/t11-,12+,14?/m1/s1. The van der Waals surface area contributed by atoms with Gasteiger partial charge in [0.15, 0.2) is 15.7 Å². The molecule has 1 unspecified atom stereocenters. The van der Waals surface area contributed by atoms with Crippen molar-refractivity contribution in [3.05, 3.63) is 54.2 Å². The first-order valence-corrected chi connectivity index (χ1v) is 9.06. The van der Waals surface area contributed by atoms with E-state index in [-0.39, 0.29) is 22.4 Å². The third-order valence-corrected chi connectivity index (χ3v) is 6.13. The predicted octanol–water partition coefficient (Wildman–Crippen LogP) is 2.72. The molecular formula is C16H16N2O3S. The van der Waals surface area contributed by atoms with E-state index in [1.54, 1.807) is 30.3 Å². The molecule has 1 fully saturated rings. The average molecular weight is 316 g/mol. The van der Waals surface area contributed by atoms with Gasteiger partial charge < -0.3 is 4.52 Å². The van der Waals surface area contributed by atoms with Crippen molar-refractivity contribution in [2.45, 2.75) is 29.4 Å². The van der Waals surface area contributed by atoms with E-state index >= 15 is 0 Å². The second-order valence-corrected chi connectivity index (χ2v) is 8.00. The van der Waals surface area contributed by atoms with Gasteiger partial charge in [0, 0.05) is 5.92 Å². The lowest BCUT2D eigenvalue weighted by molar-refractivity contribution is 0.334. The van der Waals surface area contributed by atoms with Crippen LogP contribution >= 0.6 is 0 Å². The minimum absolute atomic E-state index is 0.225. The van der Waals surface area contributed by atoms with Crippen molar-refractivity contribution in [2.75, 3.05) is 0 Å². The summed E-state index contributed by atoms with van der Waals surface area (Å²) in [6, 6.07) is 8.36. The first-order chi connectivity index (χ1) is 10.6. The maximum Gasteiger partial charge on any atom is 0.230 e. The second-order valence-electron chi connectivity index (χ2n) is 6.01. The Labute approximate surface area is 129 Å². The largest absolute Gasteiger partial charge is 0.339 e. The summed E-state index contributed by atoms with van der Waals surface area (Å²) in [7, 11) is -3.43. The van der Waals surface area contributed by atoms with Gasteiger partial charge in [0.1, 0.15) is 5.75 Å². The molecule has 22 heavy (non-hydrogen) atoms. The molecule has 114 valence electrons. The molecule has 2 bridgehead atoms. The van der Waals surface area contributed by atoms with Crippen LogP contribution in [-0.2, 0) is 15.6 Å². The fourth-order valence-corrected chi connectivity index (χ4v) is 4.62. The molecule has 1 aromatic carbocycles. The van der Waals surface area contributed by atoms with E-state index in [1.165, 1.54) is 0 Å².